The summed E-state index contributed by atoms with van der Waals surface area (Å²) < 4.78 is 6.87. The summed E-state index contributed by atoms with van der Waals surface area (Å²) in [6, 6.07) is 25.4. The number of hydrogen-bond acceptors (Lipinski definition) is 4. The first-order valence-corrected chi connectivity index (χ1v) is 11.5. The number of imide groups is 1. The minimum absolute atomic E-state index is 0.242. The maximum Gasteiger partial charge on any atom is 0.293 e. The molecule has 31 heavy (non-hydrogen) atoms. The van der Waals surface area contributed by atoms with Gasteiger partial charge >= 0.3 is 0 Å². The Morgan fingerprint density at radius 2 is 1.58 bits per heavy atom. The standard InChI is InChI=1S/C25H20BrNO3S/c26-21-11-12-22(30-17-19-9-5-2-6-10-19)20(15-21)16-23-24(28)27(25(29)31-23)14-13-18-7-3-1-4-8-18/h1-12,15-16H,13-14,17H2/b23-16-. The van der Waals surface area contributed by atoms with Gasteiger partial charge in [-0.2, -0.15) is 0 Å². The maximum absolute atomic E-state index is 12.9. The Hall–Kier alpha value is -2.83. The van der Waals surface area contributed by atoms with E-state index in [4.69, 9.17) is 4.74 Å². The van der Waals surface area contributed by atoms with Crippen LogP contribution in [0.3, 0.4) is 0 Å². The summed E-state index contributed by atoms with van der Waals surface area (Å²) in [6.07, 6.45) is 2.37. The van der Waals surface area contributed by atoms with Gasteiger partial charge in [0.05, 0.1) is 4.91 Å². The fourth-order valence-electron chi connectivity index (χ4n) is 3.22. The number of carbonyl (C=O) groups excluding carboxylic acids is 2. The van der Waals surface area contributed by atoms with Crippen LogP contribution in [0, 0.1) is 0 Å². The second kappa shape index (κ2) is 9.98. The molecule has 0 radical (unpaired) electrons. The van der Waals surface area contributed by atoms with Crippen LogP contribution in [0.4, 0.5) is 4.79 Å². The zero-order valence-electron chi connectivity index (χ0n) is 16.7. The normalized spacial score (nSPS) is 15.0. The van der Waals surface area contributed by atoms with E-state index in [0.29, 0.717) is 30.2 Å². The van der Waals surface area contributed by atoms with Crippen molar-refractivity contribution in [3.8, 4) is 5.75 Å². The summed E-state index contributed by atoms with van der Waals surface area (Å²) >= 11 is 4.45. The Bertz CT molecular complexity index is 1120. The van der Waals surface area contributed by atoms with Crippen molar-refractivity contribution in [2.75, 3.05) is 6.54 Å². The molecule has 1 saturated heterocycles. The molecule has 0 unspecified atom stereocenters. The van der Waals surface area contributed by atoms with E-state index in [1.54, 1.807) is 6.08 Å². The highest BCUT2D eigenvalue weighted by Crippen LogP contribution is 2.35. The van der Waals surface area contributed by atoms with E-state index in [1.165, 1.54) is 4.90 Å². The third-order valence-corrected chi connectivity index (χ3v) is 6.24. The molecule has 0 bridgehead atoms. The molecule has 2 amide bonds. The molecule has 0 aromatic heterocycles. The first kappa shape index (κ1) is 21.4. The summed E-state index contributed by atoms with van der Waals surface area (Å²) in [4.78, 5) is 27.1. The summed E-state index contributed by atoms with van der Waals surface area (Å²) in [5.74, 6) is 0.392. The van der Waals surface area contributed by atoms with Gasteiger partial charge in [0.25, 0.3) is 11.1 Å². The summed E-state index contributed by atoms with van der Waals surface area (Å²) in [5, 5.41) is -0.242. The Morgan fingerprint density at radius 1 is 0.903 bits per heavy atom. The highest BCUT2D eigenvalue weighted by atomic mass is 79.9. The Balaban J connectivity index is 1.50. The highest BCUT2D eigenvalue weighted by molar-refractivity contribution is 9.10. The zero-order chi connectivity index (χ0) is 21.6. The van der Waals surface area contributed by atoms with E-state index in [9.17, 15) is 9.59 Å². The van der Waals surface area contributed by atoms with Crippen molar-refractivity contribution in [1.82, 2.24) is 4.90 Å². The molecule has 3 aromatic rings. The van der Waals surface area contributed by atoms with Gasteiger partial charge in [-0.3, -0.25) is 14.5 Å². The molecule has 3 aromatic carbocycles. The van der Waals surface area contributed by atoms with E-state index in [-0.39, 0.29) is 11.1 Å². The van der Waals surface area contributed by atoms with Crippen molar-refractivity contribution >= 4 is 44.9 Å². The van der Waals surface area contributed by atoms with Crippen LogP contribution in [0.1, 0.15) is 16.7 Å². The largest absolute Gasteiger partial charge is 0.488 e. The van der Waals surface area contributed by atoms with Crippen molar-refractivity contribution in [3.05, 3.63) is 105 Å². The van der Waals surface area contributed by atoms with E-state index in [2.05, 4.69) is 15.9 Å². The number of amides is 2. The van der Waals surface area contributed by atoms with Gasteiger partial charge in [0.1, 0.15) is 12.4 Å². The monoisotopic (exact) mass is 493 g/mol. The molecule has 156 valence electrons. The van der Waals surface area contributed by atoms with Gasteiger partial charge in [0.2, 0.25) is 0 Å². The van der Waals surface area contributed by atoms with E-state index in [0.717, 1.165) is 32.9 Å². The lowest BCUT2D eigenvalue weighted by Crippen LogP contribution is -2.30. The van der Waals surface area contributed by atoms with Crippen LogP contribution < -0.4 is 4.74 Å². The highest BCUT2D eigenvalue weighted by Gasteiger charge is 2.34. The molecule has 0 atom stereocenters. The Labute approximate surface area is 194 Å². The van der Waals surface area contributed by atoms with Gasteiger partial charge in [-0.25, -0.2) is 0 Å². The Morgan fingerprint density at radius 3 is 2.29 bits per heavy atom. The van der Waals surface area contributed by atoms with Crippen LogP contribution >= 0.6 is 27.7 Å². The lowest BCUT2D eigenvalue weighted by atomic mass is 10.1. The molecule has 1 heterocycles. The summed E-state index contributed by atoms with van der Waals surface area (Å²) in [5.41, 5.74) is 2.89. The first-order chi connectivity index (χ1) is 15.1. The second-order valence-corrected chi connectivity index (χ2v) is 8.93. The van der Waals surface area contributed by atoms with Crippen molar-refractivity contribution in [1.29, 1.82) is 0 Å². The predicted octanol–water partition coefficient (Wildman–Crippen LogP) is 6.31. The quantitative estimate of drug-likeness (QED) is 0.362. The number of ether oxygens (including phenoxy) is 1. The SMILES string of the molecule is O=C1S/C(=C\c2cc(Br)ccc2OCc2ccccc2)C(=O)N1CCc1ccccc1. The van der Waals surface area contributed by atoms with E-state index >= 15 is 0 Å². The van der Waals surface area contributed by atoms with Gasteiger partial charge in [-0.05, 0) is 53.6 Å². The van der Waals surface area contributed by atoms with Gasteiger partial charge in [-0.15, -0.1) is 0 Å². The fourth-order valence-corrected chi connectivity index (χ4v) is 4.45. The van der Waals surface area contributed by atoms with Crippen LogP contribution in [0.25, 0.3) is 6.08 Å². The molecule has 0 saturated carbocycles. The van der Waals surface area contributed by atoms with Crippen molar-refractivity contribution < 1.29 is 14.3 Å². The number of hydrogen-bond donors (Lipinski definition) is 0. The number of nitrogens with zero attached hydrogens (tertiary/aromatic N) is 1. The van der Waals surface area contributed by atoms with Crippen molar-refractivity contribution in [2.24, 2.45) is 0 Å². The average Bonchev–Trinajstić information content (AvgIpc) is 3.05. The number of thioether (sulfide) groups is 1. The minimum atomic E-state index is -0.264. The molecular formula is C25H20BrNO3S. The third kappa shape index (κ3) is 5.46. The fraction of sp³-hybridized carbons (Fsp3) is 0.120. The lowest BCUT2D eigenvalue weighted by Gasteiger charge is -2.12. The molecule has 4 rings (SSSR count). The predicted molar refractivity (Wildman–Crippen MR) is 128 cm³/mol. The van der Waals surface area contributed by atoms with E-state index < -0.39 is 0 Å². The molecule has 0 spiro atoms. The second-order valence-electron chi connectivity index (χ2n) is 7.03. The number of benzene rings is 3. The van der Waals surface area contributed by atoms with Crippen LogP contribution in [0.5, 0.6) is 5.75 Å². The van der Waals surface area contributed by atoms with Crippen molar-refractivity contribution in [3.63, 3.8) is 0 Å². The minimum Gasteiger partial charge on any atom is -0.488 e. The molecule has 6 heteroatoms. The van der Waals surface area contributed by atoms with Gasteiger partial charge in [0, 0.05) is 16.6 Å². The van der Waals surface area contributed by atoms with Crippen LogP contribution in [-0.4, -0.2) is 22.6 Å². The number of halogens is 1. The molecule has 0 N–H and O–H groups in total. The lowest BCUT2D eigenvalue weighted by molar-refractivity contribution is -0.122. The number of rotatable bonds is 7. The molecule has 1 aliphatic rings. The zero-order valence-corrected chi connectivity index (χ0v) is 19.1. The third-order valence-electron chi connectivity index (χ3n) is 4.84. The van der Waals surface area contributed by atoms with Gasteiger partial charge < -0.3 is 4.74 Å². The van der Waals surface area contributed by atoms with Crippen LogP contribution in [0.2, 0.25) is 0 Å². The average molecular weight is 494 g/mol. The summed E-state index contributed by atoms with van der Waals surface area (Å²) in [6.45, 7) is 0.781. The van der Waals surface area contributed by atoms with Gasteiger partial charge in [-0.1, -0.05) is 76.6 Å². The van der Waals surface area contributed by atoms with Crippen LogP contribution in [0.15, 0.2) is 88.2 Å². The van der Waals surface area contributed by atoms with Crippen LogP contribution in [-0.2, 0) is 17.8 Å². The topological polar surface area (TPSA) is 46.6 Å². The number of carbonyl (C=O) groups is 2. The van der Waals surface area contributed by atoms with Crippen molar-refractivity contribution in [2.45, 2.75) is 13.0 Å². The molecular weight excluding hydrogens is 474 g/mol. The molecule has 0 aliphatic carbocycles. The first-order valence-electron chi connectivity index (χ1n) is 9.86. The smallest absolute Gasteiger partial charge is 0.293 e. The molecule has 4 nitrogen and oxygen atoms in total. The van der Waals surface area contributed by atoms with Gasteiger partial charge in [0.15, 0.2) is 0 Å². The maximum atomic E-state index is 12.9. The molecule has 1 fully saturated rings. The summed E-state index contributed by atoms with van der Waals surface area (Å²) in [7, 11) is 0. The van der Waals surface area contributed by atoms with E-state index in [1.807, 2.05) is 78.9 Å². The molecule has 1 aliphatic heterocycles. The Kier molecular flexibility index (Phi) is 6.89.